The average Bonchev–Trinajstić information content (AvgIpc) is 2.19. The topological polar surface area (TPSA) is 29.5 Å². The van der Waals surface area contributed by atoms with E-state index in [4.69, 9.17) is 0 Å². The molecule has 0 bridgehead atoms. The molecular formula is C10H15NO2. The number of carbonyl (C=O) groups is 1. The van der Waals surface area contributed by atoms with Gasteiger partial charge in [0.15, 0.2) is 0 Å². The second-order valence-electron chi connectivity index (χ2n) is 2.49. The van der Waals surface area contributed by atoms with Gasteiger partial charge in [0, 0.05) is 7.05 Å². The number of nitrogens with zero attached hydrogens (tertiary/aromatic N) is 1. The van der Waals surface area contributed by atoms with E-state index in [9.17, 15) is 4.79 Å². The number of hydroxylamine groups is 2. The van der Waals surface area contributed by atoms with Gasteiger partial charge in [0.25, 0.3) is 0 Å². The van der Waals surface area contributed by atoms with Crippen molar-refractivity contribution in [3.05, 3.63) is 35.9 Å². The highest BCUT2D eigenvalue weighted by molar-refractivity contribution is 5.44. The molecule has 0 N–H and O–H groups in total. The van der Waals surface area contributed by atoms with Gasteiger partial charge in [-0.25, -0.2) is 5.06 Å². The lowest BCUT2D eigenvalue weighted by molar-refractivity contribution is -0.153. The fourth-order valence-corrected chi connectivity index (χ4v) is 0.577. The van der Waals surface area contributed by atoms with Gasteiger partial charge in [-0.2, -0.15) is 0 Å². The summed E-state index contributed by atoms with van der Waals surface area (Å²) < 4.78 is 0. The number of carbonyl (C=O) groups excluding carboxylic acids is 1. The molecule has 0 unspecified atom stereocenters. The van der Waals surface area contributed by atoms with Crippen LogP contribution in [0.2, 0.25) is 0 Å². The third-order valence-electron chi connectivity index (χ3n) is 1.38. The molecule has 1 amide bonds. The Morgan fingerprint density at radius 2 is 1.85 bits per heavy atom. The normalized spacial score (nSPS) is 8.23. The Hall–Kier alpha value is -1.35. The second-order valence-corrected chi connectivity index (χ2v) is 2.49. The van der Waals surface area contributed by atoms with E-state index in [0.29, 0.717) is 6.41 Å². The van der Waals surface area contributed by atoms with Gasteiger partial charge in [-0.1, -0.05) is 35.9 Å². The molecule has 1 aromatic rings. The van der Waals surface area contributed by atoms with Crippen LogP contribution in [0.1, 0.15) is 5.56 Å². The first-order valence-corrected chi connectivity index (χ1v) is 3.94. The first-order valence-electron chi connectivity index (χ1n) is 3.94. The molecule has 13 heavy (non-hydrogen) atoms. The SMILES string of the molecule is CON(C)C=O.Cc1ccccc1. The number of rotatable bonds is 2. The number of aryl methyl sites for hydroxylation is 1. The first-order chi connectivity index (χ1) is 6.20. The zero-order chi connectivity index (χ0) is 10.1. The predicted molar refractivity (Wildman–Crippen MR) is 52.0 cm³/mol. The Bertz CT molecular complexity index is 224. The summed E-state index contributed by atoms with van der Waals surface area (Å²) in [7, 11) is 2.95. The van der Waals surface area contributed by atoms with Gasteiger partial charge >= 0.3 is 0 Å². The maximum absolute atomic E-state index is 9.54. The zero-order valence-corrected chi connectivity index (χ0v) is 8.23. The molecule has 0 aliphatic rings. The minimum absolute atomic E-state index is 0.583. The molecule has 3 nitrogen and oxygen atoms in total. The summed E-state index contributed by atoms with van der Waals surface area (Å²) in [5, 5.41) is 1.07. The Morgan fingerprint density at radius 1 is 1.31 bits per heavy atom. The molecular weight excluding hydrogens is 166 g/mol. The van der Waals surface area contributed by atoms with Crippen molar-refractivity contribution in [1.29, 1.82) is 0 Å². The molecule has 1 rings (SSSR count). The predicted octanol–water partition coefficient (Wildman–Crippen LogP) is 1.63. The van der Waals surface area contributed by atoms with E-state index >= 15 is 0 Å². The minimum Gasteiger partial charge on any atom is -0.276 e. The smallest absolute Gasteiger partial charge is 0.233 e. The van der Waals surface area contributed by atoms with Crippen molar-refractivity contribution in [1.82, 2.24) is 5.06 Å². The van der Waals surface area contributed by atoms with Crippen LogP contribution in [0.5, 0.6) is 0 Å². The van der Waals surface area contributed by atoms with Gasteiger partial charge in [-0.15, -0.1) is 0 Å². The summed E-state index contributed by atoms with van der Waals surface area (Å²) >= 11 is 0. The van der Waals surface area contributed by atoms with Crippen LogP contribution in [0.4, 0.5) is 0 Å². The van der Waals surface area contributed by atoms with Crippen molar-refractivity contribution in [2.24, 2.45) is 0 Å². The molecule has 0 aromatic heterocycles. The van der Waals surface area contributed by atoms with Crippen molar-refractivity contribution < 1.29 is 9.63 Å². The third-order valence-corrected chi connectivity index (χ3v) is 1.38. The van der Waals surface area contributed by atoms with Gasteiger partial charge < -0.3 is 0 Å². The summed E-state index contributed by atoms with van der Waals surface area (Å²) in [6.45, 7) is 2.08. The molecule has 0 fully saturated rings. The van der Waals surface area contributed by atoms with Crippen LogP contribution in [0.25, 0.3) is 0 Å². The largest absolute Gasteiger partial charge is 0.276 e. The van der Waals surface area contributed by atoms with Gasteiger partial charge in [0.05, 0.1) is 7.11 Å². The van der Waals surface area contributed by atoms with Crippen molar-refractivity contribution in [2.45, 2.75) is 6.92 Å². The van der Waals surface area contributed by atoms with Crippen LogP contribution in [0.3, 0.4) is 0 Å². The van der Waals surface area contributed by atoms with E-state index in [1.165, 1.54) is 19.7 Å². The summed E-state index contributed by atoms with van der Waals surface area (Å²) in [5.74, 6) is 0. The lowest BCUT2D eigenvalue weighted by Gasteiger charge is -2.02. The van der Waals surface area contributed by atoms with Crippen molar-refractivity contribution in [2.75, 3.05) is 14.2 Å². The molecule has 0 aliphatic carbocycles. The van der Waals surface area contributed by atoms with E-state index in [1.54, 1.807) is 0 Å². The maximum atomic E-state index is 9.54. The Morgan fingerprint density at radius 3 is 2.00 bits per heavy atom. The highest BCUT2D eigenvalue weighted by Crippen LogP contribution is 1.92. The average molecular weight is 181 g/mol. The van der Waals surface area contributed by atoms with Gasteiger partial charge in [0.1, 0.15) is 0 Å². The maximum Gasteiger partial charge on any atom is 0.233 e. The van der Waals surface area contributed by atoms with Crippen LogP contribution in [0, 0.1) is 6.92 Å². The fourth-order valence-electron chi connectivity index (χ4n) is 0.577. The van der Waals surface area contributed by atoms with Crippen LogP contribution in [0.15, 0.2) is 30.3 Å². The molecule has 0 saturated carbocycles. The van der Waals surface area contributed by atoms with Crippen LogP contribution < -0.4 is 0 Å². The summed E-state index contributed by atoms with van der Waals surface area (Å²) in [6.07, 6.45) is 0.583. The standard InChI is InChI=1S/C7H8.C3H7NO2/c1-7-5-3-2-4-6-7;1-4(3-5)6-2/h2-6H,1H3;3H,1-2H3. The highest BCUT2D eigenvalue weighted by atomic mass is 16.7. The summed E-state index contributed by atoms with van der Waals surface area (Å²) in [6, 6.07) is 10.3. The molecule has 0 heterocycles. The molecule has 72 valence electrons. The van der Waals surface area contributed by atoms with E-state index in [1.807, 2.05) is 18.2 Å². The number of benzene rings is 1. The molecule has 0 spiro atoms. The Kier molecular flexibility index (Phi) is 6.55. The summed E-state index contributed by atoms with van der Waals surface area (Å²) in [4.78, 5) is 13.9. The van der Waals surface area contributed by atoms with Crippen molar-refractivity contribution in [3.8, 4) is 0 Å². The lowest BCUT2D eigenvalue weighted by atomic mass is 10.2. The number of hydrogen-bond donors (Lipinski definition) is 0. The zero-order valence-electron chi connectivity index (χ0n) is 8.23. The van der Waals surface area contributed by atoms with Gasteiger partial charge in [0.2, 0.25) is 6.41 Å². The minimum atomic E-state index is 0.583. The lowest BCUT2D eigenvalue weighted by Crippen LogP contribution is -2.12. The van der Waals surface area contributed by atoms with E-state index in [0.717, 1.165) is 5.06 Å². The van der Waals surface area contributed by atoms with Gasteiger partial charge in [-0.3, -0.25) is 9.63 Å². The Balaban J connectivity index is 0.000000226. The first kappa shape index (κ1) is 11.6. The Labute approximate surface area is 78.9 Å². The monoisotopic (exact) mass is 181 g/mol. The molecule has 0 radical (unpaired) electrons. The molecule has 0 saturated heterocycles. The molecule has 0 aliphatic heterocycles. The third kappa shape index (κ3) is 7.03. The quantitative estimate of drug-likeness (QED) is 0.512. The number of hydrogen-bond acceptors (Lipinski definition) is 2. The van der Waals surface area contributed by atoms with Crippen LogP contribution in [-0.2, 0) is 9.63 Å². The molecule has 3 heteroatoms. The summed E-state index contributed by atoms with van der Waals surface area (Å²) in [5.41, 5.74) is 1.32. The van der Waals surface area contributed by atoms with E-state index in [2.05, 4.69) is 23.9 Å². The van der Waals surface area contributed by atoms with Crippen LogP contribution >= 0.6 is 0 Å². The fraction of sp³-hybridized carbons (Fsp3) is 0.300. The highest BCUT2D eigenvalue weighted by Gasteiger charge is 1.79. The second kappa shape index (κ2) is 7.31. The van der Waals surface area contributed by atoms with Crippen LogP contribution in [-0.4, -0.2) is 25.6 Å². The van der Waals surface area contributed by atoms with Crippen molar-refractivity contribution in [3.63, 3.8) is 0 Å². The van der Waals surface area contributed by atoms with Crippen molar-refractivity contribution >= 4 is 6.41 Å². The van der Waals surface area contributed by atoms with E-state index in [-0.39, 0.29) is 0 Å². The molecule has 0 atom stereocenters. The van der Waals surface area contributed by atoms with Gasteiger partial charge in [-0.05, 0) is 6.92 Å². The number of amides is 1. The molecule has 1 aromatic carbocycles. The van der Waals surface area contributed by atoms with E-state index < -0.39 is 0 Å².